The van der Waals surface area contributed by atoms with Crippen molar-refractivity contribution in [3.8, 4) is 6.07 Å². The summed E-state index contributed by atoms with van der Waals surface area (Å²) >= 11 is 9.09. The molecule has 1 nitrogen and oxygen atoms in total. The van der Waals surface area contributed by atoms with Crippen LogP contribution in [0.1, 0.15) is 5.56 Å². The van der Waals surface area contributed by atoms with Gasteiger partial charge in [-0.25, -0.2) is 0 Å². The molecule has 0 bridgehead atoms. The summed E-state index contributed by atoms with van der Waals surface area (Å²) in [5.74, 6) is 0. The monoisotopic (exact) mass is 229 g/mol. The Morgan fingerprint density at radius 2 is 2.27 bits per heavy atom. The summed E-state index contributed by atoms with van der Waals surface area (Å²) in [5, 5.41) is 9.07. The van der Waals surface area contributed by atoms with Gasteiger partial charge in [0.25, 0.3) is 0 Å². The Kier molecular flexibility index (Phi) is 2.92. The van der Waals surface area contributed by atoms with E-state index < -0.39 is 0 Å². The third-order valence-corrected chi connectivity index (χ3v) is 2.78. The Bertz CT molecular complexity index is 303. The molecule has 0 aliphatic heterocycles. The summed E-state index contributed by atoms with van der Waals surface area (Å²) in [6.45, 7) is 0. The first-order chi connectivity index (χ1) is 5.25. The molecular formula is C8H5BrClN. The molecule has 0 spiro atoms. The van der Waals surface area contributed by atoms with E-state index >= 15 is 0 Å². The van der Waals surface area contributed by atoms with E-state index in [1.54, 1.807) is 6.07 Å². The first-order valence-electron chi connectivity index (χ1n) is 3.05. The van der Waals surface area contributed by atoms with E-state index in [2.05, 4.69) is 22.0 Å². The highest BCUT2D eigenvalue weighted by atomic mass is 79.9. The lowest BCUT2D eigenvalue weighted by molar-refractivity contribution is 1.25. The van der Waals surface area contributed by atoms with Crippen LogP contribution in [-0.2, 0) is 6.42 Å². The van der Waals surface area contributed by atoms with Gasteiger partial charge in [0.05, 0.1) is 17.5 Å². The summed E-state index contributed by atoms with van der Waals surface area (Å²) < 4.78 is 0.822. The van der Waals surface area contributed by atoms with Crippen molar-refractivity contribution in [3.05, 3.63) is 33.3 Å². The zero-order valence-corrected chi connectivity index (χ0v) is 7.98. The topological polar surface area (TPSA) is 23.8 Å². The van der Waals surface area contributed by atoms with Crippen LogP contribution in [0.3, 0.4) is 0 Å². The zero-order valence-electron chi connectivity index (χ0n) is 5.64. The number of benzene rings is 1. The lowest BCUT2D eigenvalue weighted by atomic mass is 10.2. The number of halogens is 2. The summed E-state index contributed by atoms with van der Waals surface area (Å²) in [6, 6.07) is 7.55. The first-order valence-corrected chi connectivity index (χ1v) is 4.22. The van der Waals surface area contributed by atoms with Gasteiger partial charge >= 0.3 is 0 Å². The zero-order chi connectivity index (χ0) is 8.27. The standard InChI is InChI=1S/C8H5BrClN/c9-8-6(4-5-11)2-1-3-7(8)10/h1-3H,4H2. The van der Waals surface area contributed by atoms with Gasteiger partial charge in [-0.1, -0.05) is 23.7 Å². The lowest BCUT2D eigenvalue weighted by Gasteiger charge is -1.99. The minimum absolute atomic E-state index is 0.390. The van der Waals surface area contributed by atoms with Crippen molar-refractivity contribution in [3.63, 3.8) is 0 Å². The summed E-state index contributed by atoms with van der Waals surface area (Å²) in [4.78, 5) is 0. The lowest BCUT2D eigenvalue weighted by Crippen LogP contribution is -1.83. The second-order valence-electron chi connectivity index (χ2n) is 2.05. The summed E-state index contributed by atoms with van der Waals surface area (Å²) in [6.07, 6.45) is 0.390. The van der Waals surface area contributed by atoms with Crippen molar-refractivity contribution in [2.75, 3.05) is 0 Å². The van der Waals surface area contributed by atoms with E-state index in [-0.39, 0.29) is 0 Å². The highest BCUT2D eigenvalue weighted by molar-refractivity contribution is 9.10. The van der Waals surface area contributed by atoms with Crippen LogP contribution in [-0.4, -0.2) is 0 Å². The molecule has 56 valence electrons. The van der Waals surface area contributed by atoms with Crippen LogP contribution < -0.4 is 0 Å². The van der Waals surface area contributed by atoms with Crippen molar-refractivity contribution in [1.29, 1.82) is 5.26 Å². The van der Waals surface area contributed by atoms with Crippen LogP contribution >= 0.6 is 27.5 Å². The molecule has 0 aliphatic carbocycles. The van der Waals surface area contributed by atoms with E-state index in [9.17, 15) is 0 Å². The van der Waals surface area contributed by atoms with Gasteiger partial charge in [-0.3, -0.25) is 0 Å². The van der Waals surface area contributed by atoms with Crippen LogP contribution in [0.25, 0.3) is 0 Å². The van der Waals surface area contributed by atoms with Crippen molar-refractivity contribution < 1.29 is 0 Å². The molecule has 1 rings (SSSR count). The van der Waals surface area contributed by atoms with Crippen molar-refractivity contribution in [2.45, 2.75) is 6.42 Å². The van der Waals surface area contributed by atoms with Gasteiger partial charge < -0.3 is 0 Å². The predicted molar refractivity (Wildman–Crippen MR) is 48.5 cm³/mol. The molecule has 1 aromatic rings. The minimum atomic E-state index is 0.390. The van der Waals surface area contributed by atoms with Crippen LogP contribution in [0.2, 0.25) is 5.02 Å². The van der Waals surface area contributed by atoms with Crippen LogP contribution in [0.5, 0.6) is 0 Å². The fourth-order valence-corrected chi connectivity index (χ4v) is 1.37. The minimum Gasteiger partial charge on any atom is -0.198 e. The molecule has 0 aliphatic rings. The van der Waals surface area contributed by atoms with Gasteiger partial charge in [0, 0.05) is 4.47 Å². The van der Waals surface area contributed by atoms with Crippen LogP contribution in [0.15, 0.2) is 22.7 Å². The maximum absolute atomic E-state index is 8.42. The third kappa shape index (κ3) is 1.95. The number of nitriles is 1. The van der Waals surface area contributed by atoms with Crippen LogP contribution in [0.4, 0.5) is 0 Å². The molecule has 11 heavy (non-hydrogen) atoms. The van der Waals surface area contributed by atoms with Crippen molar-refractivity contribution in [2.24, 2.45) is 0 Å². The molecule has 0 amide bonds. The molecular weight excluding hydrogens is 225 g/mol. The Hall–Kier alpha value is -0.520. The van der Waals surface area contributed by atoms with Crippen molar-refractivity contribution >= 4 is 27.5 Å². The quantitative estimate of drug-likeness (QED) is 0.727. The molecule has 0 atom stereocenters. The van der Waals surface area contributed by atoms with E-state index in [1.807, 2.05) is 12.1 Å². The molecule has 3 heteroatoms. The summed E-state index contributed by atoms with van der Waals surface area (Å²) in [7, 11) is 0. The molecule has 1 aromatic carbocycles. The number of hydrogen-bond acceptors (Lipinski definition) is 1. The molecule has 0 N–H and O–H groups in total. The average Bonchev–Trinajstić information content (AvgIpc) is 1.99. The molecule has 0 heterocycles. The van der Waals surface area contributed by atoms with Gasteiger partial charge in [-0.2, -0.15) is 5.26 Å². The Morgan fingerprint density at radius 3 is 2.91 bits per heavy atom. The molecule has 0 fully saturated rings. The smallest absolute Gasteiger partial charge is 0.0670 e. The summed E-state index contributed by atoms with van der Waals surface area (Å²) in [5.41, 5.74) is 0.931. The van der Waals surface area contributed by atoms with E-state index in [0.29, 0.717) is 11.4 Å². The van der Waals surface area contributed by atoms with Gasteiger partial charge in [0.15, 0.2) is 0 Å². The molecule has 0 saturated carbocycles. The van der Waals surface area contributed by atoms with Gasteiger partial charge in [0.2, 0.25) is 0 Å². The maximum atomic E-state index is 8.42. The van der Waals surface area contributed by atoms with Gasteiger partial charge in [-0.05, 0) is 27.6 Å². The Balaban J connectivity index is 3.08. The first kappa shape index (κ1) is 8.58. The molecule has 0 aromatic heterocycles. The average molecular weight is 230 g/mol. The fraction of sp³-hybridized carbons (Fsp3) is 0.125. The largest absolute Gasteiger partial charge is 0.198 e. The van der Waals surface area contributed by atoms with Gasteiger partial charge in [0.1, 0.15) is 0 Å². The predicted octanol–water partition coefficient (Wildman–Crippen LogP) is 3.17. The molecule has 0 radical (unpaired) electrons. The Morgan fingerprint density at radius 1 is 1.55 bits per heavy atom. The maximum Gasteiger partial charge on any atom is 0.0670 e. The van der Waals surface area contributed by atoms with Crippen LogP contribution in [0, 0.1) is 11.3 Å². The van der Waals surface area contributed by atoms with Crippen molar-refractivity contribution in [1.82, 2.24) is 0 Å². The number of hydrogen-bond donors (Lipinski definition) is 0. The Labute approximate surface area is 78.7 Å². The van der Waals surface area contributed by atoms with E-state index in [0.717, 1.165) is 10.0 Å². The number of nitrogens with zero attached hydrogens (tertiary/aromatic N) is 1. The molecule has 0 saturated heterocycles. The highest BCUT2D eigenvalue weighted by Gasteiger charge is 2.01. The SMILES string of the molecule is N#CCc1cccc(Cl)c1Br. The normalized spacial score (nSPS) is 9.18. The van der Waals surface area contributed by atoms with Gasteiger partial charge in [-0.15, -0.1) is 0 Å². The second-order valence-corrected chi connectivity index (χ2v) is 3.25. The highest BCUT2D eigenvalue weighted by Crippen LogP contribution is 2.25. The fourth-order valence-electron chi connectivity index (χ4n) is 0.770. The van der Waals surface area contributed by atoms with E-state index in [1.165, 1.54) is 0 Å². The number of rotatable bonds is 1. The molecule has 0 unspecified atom stereocenters. The third-order valence-electron chi connectivity index (χ3n) is 1.30. The van der Waals surface area contributed by atoms with E-state index in [4.69, 9.17) is 16.9 Å². The second kappa shape index (κ2) is 3.75.